The molecule has 2 rings (SSSR count). The van der Waals surface area contributed by atoms with Crippen LogP contribution in [0.1, 0.15) is 51.0 Å². The van der Waals surface area contributed by atoms with E-state index < -0.39 is 11.9 Å². The average molecular weight is 424 g/mol. The Bertz CT molecular complexity index is 886. The van der Waals surface area contributed by atoms with E-state index in [0.717, 1.165) is 27.8 Å². The van der Waals surface area contributed by atoms with Crippen LogP contribution >= 0.6 is 11.3 Å². The van der Waals surface area contributed by atoms with Crippen molar-refractivity contribution >= 4 is 34.2 Å². The number of quaternary nitrogens is 1. The number of nitrogens with one attached hydrogen (secondary N) is 2. The van der Waals surface area contributed by atoms with E-state index in [9.17, 15) is 14.4 Å². The molecular weight excluding hydrogens is 396 g/mol. The molecule has 29 heavy (non-hydrogen) atoms. The molecule has 0 radical (unpaired) electrons. The van der Waals surface area contributed by atoms with Gasteiger partial charge in [-0.05, 0) is 45.4 Å². The molecule has 0 bridgehead atoms. The quantitative estimate of drug-likeness (QED) is 0.598. The van der Waals surface area contributed by atoms with Gasteiger partial charge >= 0.3 is 11.9 Å². The molecule has 0 fully saturated rings. The van der Waals surface area contributed by atoms with E-state index in [-0.39, 0.29) is 41.1 Å². The van der Waals surface area contributed by atoms with E-state index in [2.05, 4.69) is 5.32 Å². The minimum absolute atomic E-state index is 0.160. The number of ether oxygens (including phenoxy) is 2. The van der Waals surface area contributed by atoms with E-state index in [1.165, 1.54) is 0 Å². The summed E-state index contributed by atoms with van der Waals surface area (Å²) in [5.74, 6) is 0.206. The van der Waals surface area contributed by atoms with Crippen LogP contribution in [-0.2, 0) is 20.8 Å². The number of carbonyl (C=O) groups excluding carboxylic acids is 3. The lowest BCUT2D eigenvalue weighted by Crippen LogP contribution is -3.08. The van der Waals surface area contributed by atoms with Gasteiger partial charge in [0.1, 0.15) is 22.2 Å². The van der Waals surface area contributed by atoms with Crippen LogP contribution in [0.15, 0.2) is 16.5 Å². The molecule has 2 heterocycles. The average Bonchev–Trinajstić information content (AvgIpc) is 3.18. The maximum atomic E-state index is 12.5. The highest BCUT2D eigenvalue weighted by molar-refractivity contribution is 7.18. The first-order valence-electron chi connectivity index (χ1n) is 9.40. The fourth-order valence-corrected chi connectivity index (χ4v) is 3.93. The van der Waals surface area contributed by atoms with Crippen molar-refractivity contribution < 1.29 is 33.2 Å². The number of thiophene rings is 1. The number of rotatable bonds is 9. The van der Waals surface area contributed by atoms with Gasteiger partial charge in [0.2, 0.25) is 0 Å². The highest BCUT2D eigenvalue weighted by Crippen LogP contribution is 2.34. The number of aryl methyl sites for hydroxylation is 1. The number of amides is 1. The number of anilines is 1. The number of furan rings is 1. The van der Waals surface area contributed by atoms with Crippen LogP contribution in [0.2, 0.25) is 0 Å². The lowest BCUT2D eigenvalue weighted by molar-refractivity contribution is -0.886. The fraction of sp³-hybridized carbons (Fsp3) is 0.450. The van der Waals surface area contributed by atoms with Crippen LogP contribution in [0.3, 0.4) is 0 Å². The Balaban J connectivity index is 2.16. The molecule has 0 aliphatic heterocycles. The van der Waals surface area contributed by atoms with Gasteiger partial charge in [0.25, 0.3) is 5.91 Å². The molecular formula is C20H27N2O6S+. The van der Waals surface area contributed by atoms with Gasteiger partial charge in [-0.3, -0.25) is 4.79 Å². The molecule has 1 unspecified atom stereocenters. The van der Waals surface area contributed by atoms with Crippen LogP contribution in [0.5, 0.6) is 0 Å². The van der Waals surface area contributed by atoms with Gasteiger partial charge in [-0.25, -0.2) is 9.59 Å². The second-order valence-electron chi connectivity index (χ2n) is 6.57. The molecule has 2 aromatic rings. The minimum atomic E-state index is -0.584. The van der Waals surface area contributed by atoms with Crippen LogP contribution in [0, 0.1) is 13.8 Å². The molecule has 1 atom stereocenters. The number of hydrogen-bond acceptors (Lipinski definition) is 7. The van der Waals surface area contributed by atoms with Gasteiger partial charge in [0.05, 0.1) is 25.8 Å². The van der Waals surface area contributed by atoms with Gasteiger partial charge in [-0.1, -0.05) is 0 Å². The van der Waals surface area contributed by atoms with Crippen molar-refractivity contribution in [3.05, 3.63) is 39.7 Å². The standard InChI is InChI=1S/C20H26N2O6S/c1-6-26-19(24)16-13(4)17(20(25)27-7-2)29-18(16)21-15(23)11-22(5)10-14-9-8-12(3)28-14/h8-9H,6-7,10-11H2,1-5H3,(H,21,23)/p+1. The molecule has 8 nitrogen and oxygen atoms in total. The van der Waals surface area contributed by atoms with E-state index >= 15 is 0 Å². The molecule has 0 aliphatic rings. The molecule has 9 heteroatoms. The first kappa shape index (κ1) is 22.6. The van der Waals surface area contributed by atoms with Crippen molar-refractivity contribution in [2.24, 2.45) is 0 Å². The van der Waals surface area contributed by atoms with Crippen LogP contribution < -0.4 is 10.2 Å². The third kappa shape index (κ3) is 5.91. The minimum Gasteiger partial charge on any atom is -0.462 e. The van der Waals surface area contributed by atoms with E-state index in [1.54, 1.807) is 20.8 Å². The van der Waals surface area contributed by atoms with Crippen molar-refractivity contribution in [1.82, 2.24) is 0 Å². The van der Waals surface area contributed by atoms with Crippen LogP contribution in [-0.4, -0.2) is 44.7 Å². The van der Waals surface area contributed by atoms with Gasteiger partial charge in [0, 0.05) is 0 Å². The maximum absolute atomic E-state index is 12.5. The van der Waals surface area contributed by atoms with Crippen LogP contribution in [0.4, 0.5) is 5.00 Å². The lowest BCUT2D eigenvalue weighted by Gasteiger charge is -2.12. The predicted molar refractivity (Wildman–Crippen MR) is 109 cm³/mol. The Morgan fingerprint density at radius 2 is 1.76 bits per heavy atom. The van der Waals surface area contributed by atoms with Gasteiger partial charge in [-0.2, -0.15) is 0 Å². The third-order valence-electron chi connectivity index (χ3n) is 4.07. The van der Waals surface area contributed by atoms with Gasteiger partial charge in [-0.15, -0.1) is 11.3 Å². The van der Waals surface area contributed by atoms with Crippen molar-refractivity contribution in [2.75, 3.05) is 32.1 Å². The summed E-state index contributed by atoms with van der Waals surface area (Å²) in [5.41, 5.74) is 0.626. The third-order valence-corrected chi connectivity index (χ3v) is 5.26. The maximum Gasteiger partial charge on any atom is 0.348 e. The first-order valence-corrected chi connectivity index (χ1v) is 10.2. The normalized spacial score (nSPS) is 11.8. The lowest BCUT2D eigenvalue weighted by atomic mass is 10.1. The topological polar surface area (TPSA) is 99.3 Å². The smallest absolute Gasteiger partial charge is 0.348 e. The summed E-state index contributed by atoms with van der Waals surface area (Å²) >= 11 is 1.02. The Hall–Kier alpha value is -2.65. The second-order valence-corrected chi connectivity index (χ2v) is 7.59. The van der Waals surface area contributed by atoms with Crippen molar-refractivity contribution in [3.63, 3.8) is 0 Å². The molecule has 2 N–H and O–H groups in total. The van der Waals surface area contributed by atoms with Crippen molar-refractivity contribution in [1.29, 1.82) is 0 Å². The summed E-state index contributed by atoms with van der Waals surface area (Å²) in [6, 6.07) is 3.75. The Kier molecular flexibility index (Phi) is 7.98. The summed E-state index contributed by atoms with van der Waals surface area (Å²) in [4.78, 5) is 38.3. The fourth-order valence-electron chi connectivity index (χ4n) is 2.83. The first-order chi connectivity index (χ1) is 13.8. The molecule has 1 amide bonds. The summed E-state index contributed by atoms with van der Waals surface area (Å²) in [5, 5.41) is 3.04. The Labute approximate surface area is 173 Å². The molecule has 0 saturated carbocycles. The number of hydrogen-bond donors (Lipinski definition) is 2. The highest BCUT2D eigenvalue weighted by atomic mass is 32.1. The zero-order valence-electron chi connectivity index (χ0n) is 17.3. The van der Waals surface area contributed by atoms with Crippen LogP contribution in [0.25, 0.3) is 0 Å². The molecule has 0 saturated heterocycles. The summed E-state index contributed by atoms with van der Waals surface area (Å²) in [7, 11) is 1.87. The highest BCUT2D eigenvalue weighted by Gasteiger charge is 2.27. The van der Waals surface area contributed by atoms with Gasteiger partial charge < -0.3 is 24.1 Å². The predicted octanol–water partition coefficient (Wildman–Crippen LogP) is 1.96. The number of likely N-dealkylation sites (N-methyl/N-ethyl adjacent to an activating group) is 1. The largest absolute Gasteiger partial charge is 0.462 e. The second kappa shape index (κ2) is 10.2. The summed E-state index contributed by atoms with van der Waals surface area (Å²) in [6.45, 7) is 8.01. The zero-order valence-corrected chi connectivity index (χ0v) is 18.2. The molecule has 0 spiro atoms. The van der Waals surface area contributed by atoms with Crippen molar-refractivity contribution in [2.45, 2.75) is 34.2 Å². The molecule has 158 valence electrons. The summed E-state index contributed by atoms with van der Waals surface area (Å²) < 4.78 is 15.7. The number of esters is 2. The molecule has 2 aromatic heterocycles. The molecule has 0 aliphatic carbocycles. The van der Waals surface area contributed by atoms with Gasteiger partial charge in [0.15, 0.2) is 12.3 Å². The van der Waals surface area contributed by atoms with E-state index in [4.69, 9.17) is 13.9 Å². The Morgan fingerprint density at radius 3 is 2.34 bits per heavy atom. The molecule has 0 aromatic carbocycles. The van der Waals surface area contributed by atoms with E-state index in [0.29, 0.717) is 12.1 Å². The van der Waals surface area contributed by atoms with E-state index in [1.807, 2.05) is 26.1 Å². The number of carbonyl (C=O) groups is 3. The Morgan fingerprint density at radius 1 is 1.10 bits per heavy atom. The summed E-state index contributed by atoms with van der Waals surface area (Å²) in [6.07, 6.45) is 0. The zero-order chi connectivity index (χ0) is 21.6. The monoisotopic (exact) mass is 423 g/mol. The SMILES string of the molecule is CCOC(=O)c1sc(NC(=O)C[NH+](C)Cc2ccc(C)o2)c(C(=O)OCC)c1C. The van der Waals surface area contributed by atoms with Crippen molar-refractivity contribution in [3.8, 4) is 0 Å².